The fraction of sp³-hybridized carbons (Fsp3) is 0.500. The minimum atomic E-state index is 0.150. The van der Waals surface area contributed by atoms with Crippen LogP contribution in [0.15, 0.2) is 36.5 Å². The highest BCUT2D eigenvalue weighted by Gasteiger charge is 2.22. The molecule has 5 nitrogen and oxygen atoms in total. The van der Waals surface area contributed by atoms with Gasteiger partial charge in [0.15, 0.2) is 5.82 Å². The third kappa shape index (κ3) is 3.78. The predicted octanol–water partition coefficient (Wildman–Crippen LogP) is 3.81. The molecule has 2 aromatic rings. The highest BCUT2D eigenvalue weighted by Crippen LogP contribution is 2.25. The van der Waals surface area contributed by atoms with Crippen molar-refractivity contribution in [1.82, 2.24) is 15.2 Å². The van der Waals surface area contributed by atoms with Crippen molar-refractivity contribution in [3.05, 3.63) is 42.1 Å². The van der Waals surface area contributed by atoms with E-state index in [-0.39, 0.29) is 6.04 Å². The molecule has 1 aliphatic heterocycles. The summed E-state index contributed by atoms with van der Waals surface area (Å²) in [6.07, 6.45) is 6.70. The molecule has 0 radical (unpaired) electrons. The summed E-state index contributed by atoms with van der Waals surface area (Å²) in [6, 6.07) is 11.0. The third-order valence-electron chi connectivity index (χ3n) is 4.58. The molecule has 0 bridgehead atoms. The number of aromatic nitrogens is 3. The topological polar surface area (TPSA) is 53.9 Å². The number of hydrogen-bond acceptors (Lipinski definition) is 5. The fourth-order valence-corrected chi connectivity index (χ4v) is 3.24. The molecule has 0 saturated carbocycles. The first-order chi connectivity index (χ1) is 11.3. The Hall–Kier alpha value is -2.17. The van der Waals surface area contributed by atoms with Crippen LogP contribution < -0.4 is 10.2 Å². The van der Waals surface area contributed by atoms with E-state index >= 15 is 0 Å². The van der Waals surface area contributed by atoms with Gasteiger partial charge in [-0.3, -0.25) is 0 Å². The summed E-state index contributed by atoms with van der Waals surface area (Å²) < 4.78 is 0. The molecule has 1 saturated heterocycles. The minimum absolute atomic E-state index is 0.150. The Balaban J connectivity index is 1.74. The number of anilines is 2. The van der Waals surface area contributed by atoms with E-state index in [1.165, 1.54) is 24.8 Å². The van der Waals surface area contributed by atoms with E-state index in [0.29, 0.717) is 12.0 Å². The number of nitrogens with zero attached hydrogens (tertiary/aromatic N) is 4. The Morgan fingerprint density at radius 3 is 2.87 bits per heavy atom. The second kappa shape index (κ2) is 7.40. The minimum Gasteiger partial charge on any atom is -0.352 e. The molecule has 1 aromatic heterocycles. The maximum atomic E-state index is 4.70. The Morgan fingerprint density at radius 2 is 2.09 bits per heavy atom. The molecule has 0 spiro atoms. The highest BCUT2D eigenvalue weighted by molar-refractivity contribution is 5.42. The summed E-state index contributed by atoms with van der Waals surface area (Å²) >= 11 is 0. The summed E-state index contributed by atoms with van der Waals surface area (Å²) in [6.45, 7) is 5.42. The molecular weight excluding hydrogens is 286 g/mol. The molecule has 0 amide bonds. The number of rotatable bonds is 5. The van der Waals surface area contributed by atoms with Crippen LogP contribution in [0, 0.1) is 0 Å². The molecule has 23 heavy (non-hydrogen) atoms. The van der Waals surface area contributed by atoms with Crippen molar-refractivity contribution in [2.45, 2.75) is 51.6 Å². The lowest BCUT2D eigenvalue weighted by atomic mass is 10.0. The second-order valence-electron chi connectivity index (χ2n) is 6.17. The van der Waals surface area contributed by atoms with Gasteiger partial charge in [-0.25, -0.2) is 0 Å². The monoisotopic (exact) mass is 311 g/mol. The van der Waals surface area contributed by atoms with Gasteiger partial charge in [0, 0.05) is 12.6 Å². The smallest absolute Gasteiger partial charge is 0.245 e. The lowest BCUT2D eigenvalue weighted by Gasteiger charge is -2.35. The van der Waals surface area contributed by atoms with Crippen molar-refractivity contribution < 1.29 is 0 Å². The quantitative estimate of drug-likeness (QED) is 0.910. The molecule has 0 aliphatic carbocycles. The summed E-state index contributed by atoms with van der Waals surface area (Å²) in [5.74, 6) is 1.54. The molecule has 1 fully saturated rings. The van der Waals surface area contributed by atoms with Crippen molar-refractivity contribution in [2.24, 2.45) is 0 Å². The van der Waals surface area contributed by atoms with Crippen molar-refractivity contribution in [2.75, 3.05) is 16.8 Å². The van der Waals surface area contributed by atoms with Crippen LogP contribution in [-0.2, 0) is 0 Å². The van der Waals surface area contributed by atoms with E-state index in [9.17, 15) is 0 Å². The van der Waals surface area contributed by atoms with Gasteiger partial charge in [-0.05, 0) is 38.2 Å². The Labute approximate surface area is 138 Å². The van der Waals surface area contributed by atoms with Crippen LogP contribution in [0.25, 0.3) is 0 Å². The molecule has 122 valence electrons. The first-order valence-corrected chi connectivity index (χ1v) is 8.55. The Bertz CT molecular complexity index is 616. The molecule has 1 aliphatic rings. The van der Waals surface area contributed by atoms with Gasteiger partial charge in [0.25, 0.3) is 0 Å². The summed E-state index contributed by atoms with van der Waals surface area (Å²) in [5.41, 5.74) is 1.21. The molecule has 5 heteroatoms. The molecule has 3 rings (SSSR count). The molecule has 1 aromatic carbocycles. The highest BCUT2D eigenvalue weighted by atomic mass is 15.3. The standard InChI is InChI=1S/C18H25N5/c1-3-16-11-7-8-12-23(16)17-13-19-22-18(21-17)20-14(2)15-9-5-4-6-10-15/h4-6,9-10,13-14,16H,3,7-8,11-12H2,1-2H3,(H,20,21,22). The zero-order valence-corrected chi connectivity index (χ0v) is 13.9. The van der Waals surface area contributed by atoms with Gasteiger partial charge in [0.05, 0.1) is 12.2 Å². The third-order valence-corrected chi connectivity index (χ3v) is 4.58. The van der Waals surface area contributed by atoms with Gasteiger partial charge in [-0.15, -0.1) is 5.10 Å². The molecule has 2 unspecified atom stereocenters. The van der Waals surface area contributed by atoms with Gasteiger partial charge < -0.3 is 10.2 Å². The number of piperidine rings is 1. The molecule has 1 N–H and O–H groups in total. The Kier molecular flexibility index (Phi) is 5.05. The van der Waals surface area contributed by atoms with Gasteiger partial charge in [0.1, 0.15) is 0 Å². The number of nitrogens with one attached hydrogen (secondary N) is 1. The van der Waals surface area contributed by atoms with E-state index in [0.717, 1.165) is 18.8 Å². The normalized spacial score (nSPS) is 19.4. The zero-order chi connectivity index (χ0) is 16.1. The average molecular weight is 311 g/mol. The average Bonchev–Trinajstić information content (AvgIpc) is 2.62. The van der Waals surface area contributed by atoms with Crippen molar-refractivity contribution >= 4 is 11.8 Å². The number of hydrogen-bond donors (Lipinski definition) is 1. The van der Waals surface area contributed by atoms with Crippen LogP contribution in [0.3, 0.4) is 0 Å². The summed E-state index contributed by atoms with van der Waals surface area (Å²) in [7, 11) is 0. The largest absolute Gasteiger partial charge is 0.352 e. The lowest BCUT2D eigenvalue weighted by molar-refractivity contribution is 0.446. The maximum absolute atomic E-state index is 4.70. The second-order valence-corrected chi connectivity index (χ2v) is 6.17. The van der Waals surface area contributed by atoms with Crippen LogP contribution in [0.5, 0.6) is 0 Å². The van der Waals surface area contributed by atoms with E-state index in [1.807, 2.05) is 18.2 Å². The van der Waals surface area contributed by atoms with Crippen molar-refractivity contribution in [3.8, 4) is 0 Å². The summed E-state index contributed by atoms with van der Waals surface area (Å²) in [5, 5.41) is 11.7. The molecule has 2 atom stereocenters. The van der Waals surface area contributed by atoms with Gasteiger partial charge in [-0.2, -0.15) is 10.1 Å². The van der Waals surface area contributed by atoms with Gasteiger partial charge in [0.2, 0.25) is 5.95 Å². The van der Waals surface area contributed by atoms with Crippen molar-refractivity contribution in [3.63, 3.8) is 0 Å². The lowest BCUT2D eigenvalue weighted by Crippen LogP contribution is -2.39. The van der Waals surface area contributed by atoms with E-state index in [4.69, 9.17) is 4.98 Å². The predicted molar refractivity (Wildman–Crippen MR) is 93.6 cm³/mol. The summed E-state index contributed by atoms with van der Waals surface area (Å²) in [4.78, 5) is 7.09. The SMILES string of the molecule is CCC1CCCCN1c1cnnc(NC(C)c2ccccc2)n1. The fourth-order valence-electron chi connectivity index (χ4n) is 3.24. The van der Waals surface area contributed by atoms with Crippen LogP contribution in [0.4, 0.5) is 11.8 Å². The Morgan fingerprint density at radius 1 is 1.26 bits per heavy atom. The van der Waals surface area contributed by atoms with Gasteiger partial charge >= 0.3 is 0 Å². The van der Waals surface area contributed by atoms with E-state index in [2.05, 4.69) is 46.4 Å². The van der Waals surface area contributed by atoms with E-state index in [1.54, 1.807) is 6.20 Å². The molecule has 2 heterocycles. The first-order valence-electron chi connectivity index (χ1n) is 8.55. The van der Waals surface area contributed by atoms with Crippen molar-refractivity contribution in [1.29, 1.82) is 0 Å². The van der Waals surface area contributed by atoms with Gasteiger partial charge in [-0.1, -0.05) is 37.3 Å². The van der Waals surface area contributed by atoms with Crippen LogP contribution in [0.1, 0.15) is 51.1 Å². The molecular formula is C18H25N5. The first kappa shape index (κ1) is 15.7. The van der Waals surface area contributed by atoms with Crippen LogP contribution >= 0.6 is 0 Å². The van der Waals surface area contributed by atoms with Crippen LogP contribution in [0.2, 0.25) is 0 Å². The zero-order valence-electron chi connectivity index (χ0n) is 13.9. The maximum Gasteiger partial charge on any atom is 0.245 e. The van der Waals surface area contributed by atoms with Crippen LogP contribution in [-0.4, -0.2) is 27.8 Å². The number of benzene rings is 1. The van der Waals surface area contributed by atoms with E-state index < -0.39 is 0 Å².